The lowest BCUT2D eigenvalue weighted by atomic mass is 10.2. The van der Waals surface area contributed by atoms with Gasteiger partial charge in [-0.05, 0) is 30.3 Å². The molecule has 0 spiro atoms. The van der Waals surface area contributed by atoms with Gasteiger partial charge in [0, 0.05) is 12.6 Å². The maximum absolute atomic E-state index is 12.5. The lowest BCUT2D eigenvalue weighted by Crippen LogP contribution is -2.31. The van der Waals surface area contributed by atoms with Gasteiger partial charge in [-0.15, -0.1) is 6.42 Å². The SMILES string of the molecule is C#CCNS(=O)(=O)c1cccc(C(=O)N(C)CCOc2ccccc2)c1. The van der Waals surface area contributed by atoms with E-state index in [1.807, 2.05) is 30.3 Å². The third-order valence-corrected chi connectivity index (χ3v) is 4.94. The molecule has 0 unspecified atom stereocenters. The summed E-state index contributed by atoms with van der Waals surface area (Å²) in [6, 6.07) is 15.1. The average molecular weight is 372 g/mol. The molecule has 0 aliphatic carbocycles. The molecule has 1 N–H and O–H groups in total. The van der Waals surface area contributed by atoms with E-state index in [9.17, 15) is 13.2 Å². The molecule has 136 valence electrons. The first kappa shape index (κ1) is 19.5. The number of carbonyl (C=O) groups excluding carboxylic acids is 1. The van der Waals surface area contributed by atoms with Crippen molar-refractivity contribution in [3.8, 4) is 18.1 Å². The number of sulfonamides is 1. The first-order valence-corrected chi connectivity index (χ1v) is 9.39. The van der Waals surface area contributed by atoms with Crippen molar-refractivity contribution in [1.82, 2.24) is 9.62 Å². The van der Waals surface area contributed by atoms with Crippen LogP contribution in [0.1, 0.15) is 10.4 Å². The van der Waals surface area contributed by atoms with Gasteiger partial charge >= 0.3 is 0 Å². The summed E-state index contributed by atoms with van der Waals surface area (Å²) in [4.78, 5) is 14.0. The van der Waals surface area contributed by atoms with Gasteiger partial charge in [0.2, 0.25) is 10.0 Å². The summed E-state index contributed by atoms with van der Waals surface area (Å²) in [5.74, 6) is 2.63. The molecule has 0 radical (unpaired) electrons. The molecular formula is C19H20N2O4S. The molecule has 0 saturated carbocycles. The predicted octanol–water partition coefficient (Wildman–Crippen LogP) is 1.75. The van der Waals surface area contributed by atoms with Crippen molar-refractivity contribution in [3.63, 3.8) is 0 Å². The van der Waals surface area contributed by atoms with Crippen molar-refractivity contribution < 1.29 is 17.9 Å². The van der Waals surface area contributed by atoms with Crippen LogP contribution in [0.15, 0.2) is 59.5 Å². The summed E-state index contributed by atoms with van der Waals surface area (Å²) in [6.07, 6.45) is 5.07. The van der Waals surface area contributed by atoms with Gasteiger partial charge in [-0.1, -0.05) is 30.2 Å². The monoisotopic (exact) mass is 372 g/mol. The van der Waals surface area contributed by atoms with Crippen molar-refractivity contribution in [2.24, 2.45) is 0 Å². The zero-order valence-electron chi connectivity index (χ0n) is 14.4. The highest BCUT2D eigenvalue weighted by atomic mass is 32.2. The van der Waals surface area contributed by atoms with Crippen LogP contribution in [0.4, 0.5) is 0 Å². The van der Waals surface area contributed by atoms with Gasteiger partial charge in [0.15, 0.2) is 0 Å². The zero-order chi connectivity index (χ0) is 19.0. The van der Waals surface area contributed by atoms with Gasteiger partial charge in [-0.25, -0.2) is 8.42 Å². The van der Waals surface area contributed by atoms with Crippen LogP contribution in [0, 0.1) is 12.3 Å². The van der Waals surface area contributed by atoms with Crippen LogP contribution in [-0.4, -0.2) is 46.0 Å². The Bertz CT molecular complexity index is 889. The number of ether oxygens (including phenoxy) is 1. The van der Waals surface area contributed by atoms with E-state index < -0.39 is 10.0 Å². The maximum Gasteiger partial charge on any atom is 0.253 e. The van der Waals surface area contributed by atoms with Gasteiger partial charge in [-0.2, -0.15) is 4.72 Å². The van der Waals surface area contributed by atoms with Crippen molar-refractivity contribution in [3.05, 3.63) is 60.2 Å². The highest BCUT2D eigenvalue weighted by Crippen LogP contribution is 2.13. The average Bonchev–Trinajstić information content (AvgIpc) is 2.66. The number of amides is 1. The summed E-state index contributed by atoms with van der Waals surface area (Å²) in [6.45, 7) is 0.575. The number of para-hydroxylation sites is 1. The van der Waals surface area contributed by atoms with E-state index in [1.54, 1.807) is 13.1 Å². The minimum absolute atomic E-state index is 0.00691. The zero-order valence-corrected chi connectivity index (χ0v) is 15.2. The van der Waals surface area contributed by atoms with Crippen LogP contribution in [-0.2, 0) is 10.0 Å². The molecule has 1 amide bonds. The number of hydrogen-bond acceptors (Lipinski definition) is 4. The Kier molecular flexibility index (Phi) is 6.78. The Hall–Kier alpha value is -2.82. The first-order valence-electron chi connectivity index (χ1n) is 7.90. The predicted molar refractivity (Wildman–Crippen MR) is 99.4 cm³/mol. The van der Waals surface area contributed by atoms with E-state index in [1.165, 1.54) is 23.1 Å². The molecule has 0 aliphatic heterocycles. The van der Waals surface area contributed by atoms with Crippen molar-refractivity contribution >= 4 is 15.9 Å². The molecule has 0 bridgehead atoms. The van der Waals surface area contributed by atoms with Gasteiger partial charge in [0.1, 0.15) is 12.4 Å². The fourth-order valence-electron chi connectivity index (χ4n) is 2.16. The topological polar surface area (TPSA) is 75.7 Å². The highest BCUT2D eigenvalue weighted by molar-refractivity contribution is 7.89. The molecule has 0 heterocycles. The third-order valence-electron chi connectivity index (χ3n) is 3.54. The van der Waals surface area contributed by atoms with Crippen LogP contribution in [0.2, 0.25) is 0 Å². The molecule has 26 heavy (non-hydrogen) atoms. The van der Waals surface area contributed by atoms with E-state index in [0.29, 0.717) is 13.2 Å². The number of benzene rings is 2. The second kappa shape index (κ2) is 9.04. The smallest absolute Gasteiger partial charge is 0.253 e. The van der Waals surface area contributed by atoms with Crippen molar-refractivity contribution in [1.29, 1.82) is 0 Å². The molecular weight excluding hydrogens is 352 g/mol. The third kappa shape index (κ3) is 5.34. The van der Waals surface area contributed by atoms with Gasteiger partial charge in [0.05, 0.1) is 18.0 Å². The molecule has 7 heteroatoms. The second-order valence-electron chi connectivity index (χ2n) is 5.44. The van der Waals surface area contributed by atoms with Crippen LogP contribution in [0.5, 0.6) is 5.75 Å². The molecule has 2 aromatic rings. The number of nitrogens with zero attached hydrogens (tertiary/aromatic N) is 1. The summed E-state index contributed by atoms with van der Waals surface area (Å²) in [7, 11) is -2.11. The van der Waals surface area contributed by atoms with E-state index in [4.69, 9.17) is 11.2 Å². The minimum Gasteiger partial charge on any atom is -0.492 e. The number of rotatable bonds is 8. The van der Waals surface area contributed by atoms with Crippen molar-refractivity contribution in [2.45, 2.75) is 4.90 Å². The Morgan fingerprint density at radius 1 is 1.19 bits per heavy atom. The second-order valence-corrected chi connectivity index (χ2v) is 7.21. The number of likely N-dealkylation sites (N-methyl/N-ethyl adjacent to an activating group) is 1. The summed E-state index contributed by atoms with van der Waals surface area (Å²) in [5.41, 5.74) is 0.274. The number of terminal acetylenes is 1. The fourth-order valence-corrected chi connectivity index (χ4v) is 3.14. The largest absolute Gasteiger partial charge is 0.492 e. The molecule has 2 rings (SSSR count). The molecule has 0 aliphatic rings. The summed E-state index contributed by atoms with van der Waals surface area (Å²) >= 11 is 0. The number of hydrogen-bond donors (Lipinski definition) is 1. The maximum atomic E-state index is 12.5. The molecule has 6 nitrogen and oxygen atoms in total. The first-order chi connectivity index (χ1) is 12.4. The lowest BCUT2D eigenvalue weighted by molar-refractivity contribution is 0.0773. The van der Waals surface area contributed by atoms with Crippen LogP contribution < -0.4 is 9.46 Å². The van der Waals surface area contributed by atoms with Gasteiger partial charge in [-0.3, -0.25) is 4.79 Å². The van der Waals surface area contributed by atoms with Gasteiger partial charge in [0.25, 0.3) is 5.91 Å². The molecule has 0 atom stereocenters. The fraction of sp³-hybridized carbons (Fsp3) is 0.211. The van der Waals surface area contributed by atoms with E-state index in [0.717, 1.165) is 5.75 Å². The van der Waals surface area contributed by atoms with E-state index >= 15 is 0 Å². The highest BCUT2D eigenvalue weighted by Gasteiger charge is 2.17. The summed E-state index contributed by atoms with van der Waals surface area (Å²) in [5, 5.41) is 0. The Balaban J connectivity index is 2.00. The molecule has 0 fully saturated rings. The minimum atomic E-state index is -3.75. The van der Waals surface area contributed by atoms with Crippen LogP contribution in [0.25, 0.3) is 0 Å². The van der Waals surface area contributed by atoms with Gasteiger partial charge < -0.3 is 9.64 Å². The quantitative estimate of drug-likeness (QED) is 0.717. The van der Waals surface area contributed by atoms with Crippen LogP contribution in [0.3, 0.4) is 0 Å². The van der Waals surface area contributed by atoms with E-state index in [2.05, 4.69) is 10.6 Å². The molecule has 0 saturated heterocycles. The Labute approximate surface area is 153 Å². The lowest BCUT2D eigenvalue weighted by Gasteiger charge is -2.18. The molecule has 0 aromatic heterocycles. The number of carbonyl (C=O) groups is 1. The molecule has 2 aromatic carbocycles. The summed E-state index contributed by atoms with van der Waals surface area (Å²) < 4.78 is 32.1. The standard InChI is InChI=1S/C19H20N2O4S/c1-3-12-20-26(23,24)18-11-7-8-16(15-18)19(22)21(2)13-14-25-17-9-5-4-6-10-17/h1,4-11,15,20H,12-14H2,2H3. The normalized spacial score (nSPS) is 10.8. The van der Waals surface area contributed by atoms with Crippen molar-refractivity contribution in [2.75, 3.05) is 26.7 Å². The van der Waals surface area contributed by atoms with E-state index in [-0.39, 0.29) is 22.9 Å². The number of nitrogens with one attached hydrogen (secondary N) is 1. The Morgan fingerprint density at radius 3 is 2.62 bits per heavy atom. The Morgan fingerprint density at radius 2 is 1.92 bits per heavy atom. The van der Waals surface area contributed by atoms with Crippen LogP contribution >= 0.6 is 0 Å².